The van der Waals surface area contributed by atoms with Crippen molar-refractivity contribution in [2.24, 2.45) is 0 Å². The van der Waals surface area contributed by atoms with Crippen LogP contribution >= 0.6 is 11.3 Å². The van der Waals surface area contributed by atoms with Gasteiger partial charge in [-0.3, -0.25) is 19.2 Å². The van der Waals surface area contributed by atoms with E-state index < -0.39 is 24.0 Å². The van der Waals surface area contributed by atoms with Crippen LogP contribution in [0.2, 0.25) is 0 Å². The van der Waals surface area contributed by atoms with Gasteiger partial charge in [0.05, 0.1) is 23.6 Å². The van der Waals surface area contributed by atoms with Crippen molar-refractivity contribution in [2.45, 2.75) is 32.9 Å². The molecule has 0 saturated heterocycles. The van der Waals surface area contributed by atoms with Crippen molar-refractivity contribution in [3.8, 4) is 0 Å². The average molecular weight is 489 g/mol. The number of nitrogens with zero attached hydrogens (tertiary/aromatic N) is 3. The fourth-order valence-electron chi connectivity index (χ4n) is 4.24. The minimum absolute atomic E-state index is 0.307. The van der Waals surface area contributed by atoms with Crippen LogP contribution in [0.4, 0.5) is 11.4 Å². The fraction of sp³-hybridized carbons (Fsp3) is 0.231. The number of carbonyl (C=O) groups excluding carboxylic acids is 3. The maximum atomic E-state index is 13.1. The van der Waals surface area contributed by atoms with E-state index in [9.17, 15) is 14.4 Å². The number of fused-ring (bicyclic) bond motifs is 2. The maximum Gasteiger partial charge on any atom is 0.348 e. The largest absolute Gasteiger partial charge is 0.451 e. The summed E-state index contributed by atoms with van der Waals surface area (Å²) in [7, 11) is 0. The lowest BCUT2D eigenvalue weighted by atomic mass is 9.96. The van der Waals surface area contributed by atoms with Crippen LogP contribution in [0, 0.1) is 6.92 Å². The van der Waals surface area contributed by atoms with Crippen molar-refractivity contribution in [2.75, 3.05) is 16.8 Å². The molecule has 1 N–H and O–H groups in total. The molecular weight excluding hydrogens is 464 g/mol. The summed E-state index contributed by atoms with van der Waals surface area (Å²) in [5.74, 6) is -1.37. The van der Waals surface area contributed by atoms with Crippen molar-refractivity contribution >= 4 is 50.7 Å². The van der Waals surface area contributed by atoms with E-state index in [1.54, 1.807) is 44.2 Å². The van der Waals surface area contributed by atoms with Gasteiger partial charge in [-0.1, -0.05) is 42.5 Å². The summed E-state index contributed by atoms with van der Waals surface area (Å²) < 4.78 is 7.28. The van der Waals surface area contributed by atoms with Crippen LogP contribution in [0.5, 0.6) is 0 Å². The molecule has 0 atom stereocenters. The van der Waals surface area contributed by atoms with Crippen LogP contribution in [0.15, 0.2) is 60.7 Å². The average Bonchev–Trinajstić information content (AvgIpc) is 3.40. The molecule has 8 nitrogen and oxygen atoms in total. The minimum Gasteiger partial charge on any atom is -0.451 e. The molecule has 5 rings (SSSR count). The molecule has 0 saturated carbocycles. The van der Waals surface area contributed by atoms with Crippen LogP contribution in [0.1, 0.15) is 34.8 Å². The second kappa shape index (κ2) is 8.66. The molecule has 1 aliphatic heterocycles. The Morgan fingerprint density at radius 1 is 1.09 bits per heavy atom. The lowest BCUT2D eigenvalue weighted by Gasteiger charge is -2.41. The van der Waals surface area contributed by atoms with Crippen LogP contribution in [0.3, 0.4) is 0 Å². The molecule has 0 radical (unpaired) electrons. The summed E-state index contributed by atoms with van der Waals surface area (Å²) in [4.78, 5) is 41.3. The van der Waals surface area contributed by atoms with Gasteiger partial charge in [-0.15, -0.1) is 11.3 Å². The Morgan fingerprint density at radius 3 is 2.57 bits per heavy atom. The van der Waals surface area contributed by atoms with Crippen molar-refractivity contribution in [1.29, 1.82) is 0 Å². The number of para-hydroxylation sites is 2. The Labute approximate surface area is 206 Å². The third kappa shape index (κ3) is 4.08. The zero-order chi connectivity index (χ0) is 24.7. The van der Waals surface area contributed by atoms with Gasteiger partial charge in [0.15, 0.2) is 6.61 Å². The van der Waals surface area contributed by atoms with Crippen LogP contribution in [-0.4, -0.2) is 39.7 Å². The number of amides is 2. The summed E-state index contributed by atoms with van der Waals surface area (Å²) in [6.45, 7) is 5.32. The number of thiophene rings is 1. The Hall–Kier alpha value is -3.98. The van der Waals surface area contributed by atoms with Gasteiger partial charge in [-0.25, -0.2) is 4.79 Å². The molecule has 3 heterocycles. The molecule has 0 aliphatic carbocycles. The van der Waals surface area contributed by atoms with Gasteiger partial charge in [-0.05, 0) is 44.5 Å². The topological polar surface area (TPSA) is 93.5 Å². The molecule has 0 fully saturated rings. The summed E-state index contributed by atoms with van der Waals surface area (Å²) in [5.41, 5.74) is 1.90. The highest BCUT2D eigenvalue weighted by molar-refractivity contribution is 7.20. The van der Waals surface area contributed by atoms with Crippen molar-refractivity contribution in [3.05, 3.63) is 76.8 Å². The number of ether oxygens (including phenoxy) is 1. The van der Waals surface area contributed by atoms with Gasteiger partial charge in [0, 0.05) is 5.39 Å². The van der Waals surface area contributed by atoms with Crippen LogP contribution in [0.25, 0.3) is 10.2 Å². The number of rotatable bonds is 5. The maximum absolute atomic E-state index is 13.1. The molecule has 0 bridgehead atoms. The highest BCUT2D eigenvalue weighted by Gasteiger charge is 2.43. The normalized spacial score (nSPS) is 14.5. The van der Waals surface area contributed by atoms with E-state index in [1.807, 2.05) is 41.9 Å². The standard InChI is InChI=1S/C26H24N4O4S/c1-16-18-13-21(35-23(18)29(28-16)14-17-9-5-4-6-10-17)24(32)34-15-22(31)30-20-12-8-7-11-19(20)27-25(33)26(30,2)3/h4-13H,14-15H2,1-3H3,(H,27,33). The third-order valence-electron chi connectivity index (χ3n) is 6.07. The van der Waals surface area contributed by atoms with Crippen LogP contribution < -0.4 is 10.2 Å². The Balaban J connectivity index is 1.34. The second-order valence-electron chi connectivity index (χ2n) is 8.89. The number of aryl methyl sites for hydroxylation is 1. The highest BCUT2D eigenvalue weighted by Crippen LogP contribution is 2.37. The monoisotopic (exact) mass is 488 g/mol. The number of hydrogen-bond donors (Lipinski definition) is 1. The zero-order valence-electron chi connectivity index (χ0n) is 19.6. The number of esters is 1. The molecule has 4 aromatic rings. The van der Waals surface area contributed by atoms with Crippen molar-refractivity contribution in [1.82, 2.24) is 9.78 Å². The SMILES string of the molecule is Cc1nn(Cc2ccccc2)c2sc(C(=O)OCC(=O)N3c4ccccc4NC(=O)C3(C)C)cc12. The minimum atomic E-state index is -1.13. The first-order valence-electron chi connectivity index (χ1n) is 11.2. The summed E-state index contributed by atoms with van der Waals surface area (Å²) >= 11 is 1.28. The van der Waals surface area contributed by atoms with Gasteiger partial charge < -0.3 is 10.1 Å². The van der Waals surface area contributed by atoms with E-state index in [0.717, 1.165) is 21.5 Å². The predicted molar refractivity (Wildman–Crippen MR) is 135 cm³/mol. The molecule has 35 heavy (non-hydrogen) atoms. The summed E-state index contributed by atoms with van der Waals surface area (Å²) in [6, 6.07) is 18.8. The van der Waals surface area contributed by atoms with E-state index in [4.69, 9.17) is 4.74 Å². The molecule has 178 valence electrons. The van der Waals surface area contributed by atoms with Crippen molar-refractivity contribution < 1.29 is 19.1 Å². The van der Waals surface area contributed by atoms with Gasteiger partial charge in [-0.2, -0.15) is 5.10 Å². The lowest BCUT2D eigenvalue weighted by molar-refractivity contribution is -0.128. The molecule has 2 aromatic carbocycles. The van der Waals surface area contributed by atoms with Crippen LogP contribution in [-0.2, 0) is 20.9 Å². The first kappa shape index (κ1) is 22.8. The number of nitrogens with one attached hydrogen (secondary N) is 1. The van der Waals surface area contributed by atoms with E-state index >= 15 is 0 Å². The Kier molecular flexibility index (Phi) is 5.64. The zero-order valence-corrected chi connectivity index (χ0v) is 20.4. The number of hydrogen-bond acceptors (Lipinski definition) is 6. The highest BCUT2D eigenvalue weighted by atomic mass is 32.1. The van der Waals surface area contributed by atoms with E-state index in [0.29, 0.717) is 22.8 Å². The molecule has 1 aliphatic rings. The van der Waals surface area contributed by atoms with Crippen molar-refractivity contribution in [3.63, 3.8) is 0 Å². The Bertz CT molecular complexity index is 1450. The smallest absolute Gasteiger partial charge is 0.348 e. The van der Waals surface area contributed by atoms with E-state index in [1.165, 1.54) is 16.2 Å². The second-order valence-corrected chi connectivity index (χ2v) is 9.92. The summed E-state index contributed by atoms with van der Waals surface area (Å²) in [5, 5.41) is 8.30. The van der Waals surface area contributed by atoms with E-state index in [-0.39, 0.29) is 5.91 Å². The molecule has 2 aromatic heterocycles. The molecule has 0 unspecified atom stereocenters. The molecular formula is C26H24N4O4S. The quantitative estimate of drug-likeness (QED) is 0.421. The molecule has 0 spiro atoms. The Morgan fingerprint density at radius 2 is 1.80 bits per heavy atom. The molecule has 2 amide bonds. The van der Waals surface area contributed by atoms with Gasteiger partial charge in [0.25, 0.3) is 5.91 Å². The number of benzene rings is 2. The van der Waals surface area contributed by atoms with Gasteiger partial charge in [0.1, 0.15) is 15.2 Å². The predicted octanol–water partition coefficient (Wildman–Crippen LogP) is 4.38. The number of anilines is 2. The first-order chi connectivity index (χ1) is 16.8. The first-order valence-corrected chi connectivity index (χ1v) is 12.0. The molecule has 9 heteroatoms. The fourth-order valence-corrected chi connectivity index (χ4v) is 5.29. The lowest BCUT2D eigenvalue weighted by Crippen LogP contribution is -2.59. The van der Waals surface area contributed by atoms with E-state index in [2.05, 4.69) is 10.4 Å². The van der Waals surface area contributed by atoms with Gasteiger partial charge in [0.2, 0.25) is 5.91 Å². The number of carbonyl (C=O) groups is 3. The summed E-state index contributed by atoms with van der Waals surface area (Å²) in [6.07, 6.45) is 0. The number of aromatic nitrogens is 2. The van der Waals surface area contributed by atoms with Gasteiger partial charge >= 0.3 is 5.97 Å². The third-order valence-corrected chi connectivity index (χ3v) is 7.20.